The van der Waals surface area contributed by atoms with Crippen molar-refractivity contribution in [3.63, 3.8) is 0 Å². The first-order valence-electron chi connectivity index (χ1n) is 4.94. The number of nitrogens with two attached hydrogens (primary N) is 1. The molecule has 1 atom stereocenters. The molecular formula is C11H16N2O2. The third-order valence-electron chi connectivity index (χ3n) is 2.11. The topological polar surface area (TPSA) is 65.2 Å². The summed E-state index contributed by atoms with van der Waals surface area (Å²) in [6.45, 7) is 5.94. The van der Waals surface area contributed by atoms with Crippen LogP contribution in [0.1, 0.15) is 29.8 Å². The number of Topliss-reactive ketones (excluding diaryl/α,β-unsaturated/α-hetero) is 1. The average Bonchev–Trinajstić information content (AvgIpc) is 2.21. The number of ketones is 1. The summed E-state index contributed by atoms with van der Waals surface area (Å²) in [5.74, 6) is 0.141. The molecule has 1 heterocycles. The first-order chi connectivity index (χ1) is 7.06. The van der Waals surface area contributed by atoms with E-state index in [4.69, 9.17) is 10.5 Å². The Morgan fingerprint density at radius 3 is 2.93 bits per heavy atom. The number of anilines is 1. The summed E-state index contributed by atoms with van der Waals surface area (Å²) in [6.07, 6.45) is 1.16. The van der Waals surface area contributed by atoms with Gasteiger partial charge in [0.1, 0.15) is 11.9 Å². The van der Waals surface area contributed by atoms with E-state index >= 15 is 0 Å². The maximum absolute atomic E-state index is 11.9. The number of aromatic nitrogens is 1. The molecule has 1 rings (SSSR count). The second-order valence-electron chi connectivity index (χ2n) is 3.41. The number of nitrogens with zero attached hydrogens (tertiary/aromatic N) is 1. The molecule has 0 aliphatic carbocycles. The molecule has 0 aliphatic rings. The lowest BCUT2D eigenvalue weighted by Gasteiger charge is -2.11. The van der Waals surface area contributed by atoms with Gasteiger partial charge >= 0.3 is 0 Å². The van der Waals surface area contributed by atoms with Crippen molar-refractivity contribution in [2.75, 3.05) is 12.3 Å². The van der Waals surface area contributed by atoms with Crippen molar-refractivity contribution in [3.05, 3.63) is 23.4 Å². The van der Waals surface area contributed by atoms with Crippen molar-refractivity contribution in [2.45, 2.75) is 26.9 Å². The van der Waals surface area contributed by atoms with Gasteiger partial charge in [0.2, 0.25) is 0 Å². The van der Waals surface area contributed by atoms with Crippen molar-refractivity contribution in [1.29, 1.82) is 0 Å². The van der Waals surface area contributed by atoms with Gasteiger partial charge in [0, 0.05) is 12.8 Å². The van der Waals surface area contributed by atoms with Gasteiger partial charge in [0.05, 0.1) is 5.56 Å². The highest BCUT2D eigenvalue weighted by atomic mass is 16.5. The first-order valence-corrected chi connectivity index (χ1v) is 4.94. The minimum Gasteiger partial charge on any atom is -0.383 e. The summed E-state index contributed by atoms with van der Waals surface area (Å²) in [6, 6.07) is 1.74. The normalized spacial score (nSPS) is 12.5. The molecule has 82 valence electrons. The summed E-state index contributed by atoms with van der Waals surface area (Å²) < 4.78 is 5.22. The predicted molar refractivity (Wildman–Crippen MR) is 58.8 cm³/mol. The molecule has 0 aromatic carbocycles. The number of hydrogen-bond acceptors (Lipinski definition) is 4. The smallest absolute Gasteiger partial charge is 0.194 e. The summed E-state index contributed by atoms with van der Waals surface area (Å²) in [7, 11) is 0. The van der Waals surface area contributed by atoms with Gasteiger partial charge in [0.15, 0.2) is 5.78 Å². The fourth-order valence-electron chi connectivity index (χ4n) is 1.32. The molecule has 0 radical (unpaired) electrons. The van der Waals surface area contributed by atoms with E-state index in [1.165, 1.54) is 0 Å². The minimum absolute atomic E-state index is 0.120. The number of ether oxygens (including phenoxy) is 1. The zero-order valence-corrected chi connectivity index (χ0v) is 9.28. The fraction of sp³-hybridized carbons (Fsp3) is 0.455. The Kier molecular flexibility index (Phi) is 3.80. The molecule has 0 amide bonds. The molecule has 0 spiro atoms. The number of carbonyl (C=O) groups excluding carboxylic acids is 1. The van der Waals surface area contributed by atoms with Crippen LogP contribution in [0.3, 0.4) is 0 Å². The van der Waals surface area contributed by atoms with Crippen molar-refractivity contribution in [1.82, 2.24) is 4.98 Å². The third kappa shape index (κ3) is 2.76. The fourth-order valence-corrected chi connectivity index (χ4v) is 1.32. The summed E-state index contributed by atoms with van der Waals surface area (Å²) in [4.78, 5) is 15.8. The highest BCUT2D eigenvalue weighted by molar-refractivity contribution is 6.02. The Hall–Kier alpha value is -1.42. The van der Waals surface area contributed by atoms with Crippen LogP contribution in [-0.2, 0) is 4.74 Å². The maximum atomic E-state index is 11.9. The molecule has 4 heteroatoms. The van der Waals surface area contributed by atoms with Crippen molar-refractivity contribution in [3.8, 4) is 0 Å². The Labute approximate surface area is 89.5 Å². The minimum atomic E-state index is -0.471. The van der Waals surface area contributed by atoms with Gasteiger partial charge in [-0.1, -0.05) is 0 Å². The number of pyridine rings is 1. The average molecular weight is 208 g/mol. The van der Waals surface area contributed by atoms with Crippen LogP contribution < -0.4 is 5.73 Å². The van der Waals surface area contributed by atoms with E-state index in [1.807, 2.05) is 13.8 Å². The highest BCUT2D eigenvalue weighted by Crippen LogP contribution is 2.14. The second-order valence-corrected chi connectivity index (χ2v) is 3.41. The van der Waals surface area contributed by atoms with Crippen LogP contribution >= 0.6 is 0 Å². The van der Waals surface area contributed by atoms with Crippen LogP contribution in [0.15, 0.2) is 12.3 Å². The van der Waals surface area contributed by atoms with E-state index in [-0.39, 0.29) is 11.6 Å². The Balaban J connectivity index is 2.95. The molecule has 0 bridgehead atoms. The Morgan fingerprint density at radius 2 is 2.33 bits per heavy atom. The Bertz CT molecular complexity index is 364. The molecule has 15 heavy (non-hydrogen) atoms. The van der Waals surface area contributed by atoms with Gasteiger partial charge in [-0.25, -0.2) is 4.98 Å². The number of rotatable bonds is 4. The molecule has 1 aromatic rings. The lowest BCUT2D eigenvalue weighted by atomic mass is 10.1. The molecule has 1 unspecified atom stereocenters. The largest absolute Gasteiger partial charge is 0.383 e. The van der Waals surface area contributed by atoms with Crippen LogP contribution in [0.4, 0.5) is 5.82 Å². The predicted octanol–water partition coefficient (Wildman–Crippen LogP) is 1.58. The molecule has 0 aliphatic heterocycles. The lowest BCUT2D eigenvalue weighted by Crippen LogP contribution is -2.22. The van der Waals surface area contributed by atoms with Crippen LogP contribution in [0.5, 0.6) is 0 Å². The van der Waals surface area contributed by atoms with Crippen molar-refractivity contribution >= 4 is 11.6 Å². The zero-order chi connectivity index (χ0) is 11.4. The van der Waals surface area contributed by atoms with Crippen LogP contribution in [0.25, 0.3) is 0 Å². The summed E-state index contributed by atoms with van der Waals surface area (Å²) in [5, 5.41) is 0. The van der Waals surface area contributed by atoms with Gasteiger partial charge in [-0.3, -0.25) is 4.79 Å². The number of carbonyl (C=O) groups is 1. The Morgan fingerprint density at radius 1 is 1.67 bits per heavy atom. The van der Waals surface area contributed by atoms with E-state index in [1.54, 1.807) is 19.2 Å². The van der Waals surface area contributed by atoms with Crippen LogP contribution in [0.2, 0.25) is 0 Å². The quantitative estimate of drug-likeness (QED) is 0.763. The van der Waals surface area contributed by atoms with Gasteiger partial charge in [-0.15, -0.1) is 0 Å². The van der Waals surface area contributed by atoms with E-state index < -0.39 is 6.10 Å². The molecule has 0 saturated heterocycles. The van der Waals surface area contributed by atoms with Gasteiger partial charge in [-0.2, -0.15) is 0 Å². The second kappa shape index (κ2) is 4.89. The first kappa shape index (κ1) is 11.7. The van der Waals surface area contributed by atoms with Gasteiger partial charge in [0.25, 0.3) is 0 Å². The molecule has 2 N–H and O–H groups in total. The van der Waals surface area contributed by atoms with Crippen LogP contribution in [-0.4, -0.2) is 23.5 Å². The molecule has 0 saturated carbocycles. The zero-order valence-electron chi connectivity index (χ0n) is 9.28. The number of aryl methyl sites for hydroxylation is 1. The standard InChI is InChI=1S/C11H16N2O2/c1-4-15-8(3)10(14)9-5-7(2)6-13-11(9)12/h5-6,8H,4H2,1-3H3,(H2,12,13). The molecule has 4 nitrogen and oxygen atoms in total. The number of hydrogen-bond donors (Lipinski definition) is 1. The summed E-state index contributed by atoms with van der Waals surface area (Å²) in [5.41, 5.74) is 6.99. The van der Waals surface area contributed by atoms with E-state index in [9.17, 15) is 4.79 Å². The molecular weight excluding hydrogens is 192 g/mol. The summed E-state index contributed by atoms with van der Waals surface area (Å²) >= 11 is 0. The molecule has 0 fully saturated rings. The van der Waals surface area contributed by atoms with E-state index in [2.05, 4.69) is 4.98 Å². The maximum Gasteiger partial charge on any atom is 0.194 e. The SMILES string of the molecule is CCOC(C)C(=O)c1cc(C)cnc1N. The van der Waals surface area contributed by atoms with Crippen LogP contribution in [0, 0.1) is 6.92 Å². The highest BCUT2D eigenvalue weighted by Gasteiger charge is 2.18. The lowest BCUT2D eigenvalue weighted by molar-refractivity contribution is 0.0521. The molecule has 1 aromatic heterocycles. The van der Waals surface area contributed by atoms with Crippen molar-refractivity contribution < 1.29 is 9.53 Å². The van der Waals surface area contributed by atoms with Gasteiger partial charge < -0.3 is 10.5 Å². The number of nitrogen functional groups attached to an aromatic ring is 1. The van der Waals surface area contributed by atoms with E-state index in [0.717, 1.165) is 5.56 Å². The monoisotopic (exact) mass is 208 g/mol. The van der Waals surface area contributed by atoms with E-state index in [0.29, 0.717) is 12.2 Å². The van der Waals surface area contributed by atoms with Crippen molar-refractivity contribution in [2.24, 2.45) is 0 Å². The van der Waals surface area contributed by atoms with Gasteiger partial charge in [-0.05, 0) is 32.4 Å². The third-order valence-corrected chi connectivity index (χ3v) is 2.11.